The van der Waals surface area contributed by atoms with Crippen molar-refractivity contribution >= 4 is 23.2 Å². The van der Waals surface area contributed by atoms with Gasteiger partial charge < -0.3 is 14.6 Å². The summed E-state index contributed by atoms with van der Waals surface area (Å²) >= 11 is 5.83. The van der Waals surface area contributed by atoms with E-state index in [9.17, 15) is 23.1 Å². The number of halogens is 4. The Morgan fingerprint density at radius 2 is 1.93 bits per heavy atom. The van der Waals surface area contributed by atoms with Crippen LogP contribution in [-0.4, -0.2) is 40.7 Å². The number of hydrazone groups is 1. The number of methoxy groups -OCH3 is 1. The molecule has 0 saturated carbocycles. The van der Waals surface area contributed by atoms with Crippen LogP contribution in [0, 0.1) is 0 Å². The molecule has 0 fully saturated rings. The normalized spacial score (nSPS) is 18.9. The van der Waals surface area contributed by atoms with E-state index in [2.05, 4.69) is 5.10 Å². The van der Waals surface area contributed by atoms with E-state index < -0.39 is 24.2 Å². The van der Waals surface area contributed by atoms with Crippen LogP contribution in [-0.2, 0) is 6.61 Å². The Kier molecular flexibility index (Phi) is 5.96. The average Bonchev–Trinajstić information content (AvgIpc) is 3.02. The molecule has 0 aromatic heterocycles. The van der Waals surface area contributed by atoms with Gasteiger partial charge in [0.2, 0.25) is 0 Å². The minimum absolute atomic E-state index is 0.0111. The van der Waals surface area contributed by atoms with Gasteiger partial charge in [-0.05, 0) is 49.4 Å². The van der Waals surface area contributed by atoms with Crippen molar-refractivity contribution in [2.75, 3.05) is 7.11 Å². The lowest BCUT2D eigenvalue weighted by molar-refractivity contribution is -0.297. The summed E-state index contributed by atoms with van der Waals surface area (Å²) in [5.41, 5.74) is -3.09. The Labute approximate surface area is 175 Å². The second-order valence-corrected chi connectivity index (χ2v) is 7.15. The molecule has 1 aliphatic heterocycles. The first-order valence-corrected chi connectivity index (χ1v) is 9.16. The maximum absolute atomic E-state index is 13.4. The number of hydrogen-bond acceptors (Lipinski definition) is 5. The highest BCUT2D eigenvalue weighted by molar-refractivity contribution is 6.30. The Balaban J connectivity index is 1.88. The molecule has 1 amide bonds. The van der Waals surface area contributed by atoms with Gasteiger partial charge in [0.15, 0.2) is 0 Å². The number of carbonyl (C=O) groups is 1. The highest BCUT2D eigenvalue weighted by Crippen LogP contribution is 2.41. The fourth-order valence-electron chi connectivity index (χ4n) is 2.99. The number of alkyl halides is 3. The van der Waals surface area contributed by atoms with Crippen molar-refractivity contribution in [1.29, 1.82) is 0 Å². The number of rotatable bonds is 5. The highest BCUT2D eigenvalue weighted by atomic mass is 35.5. The Morgan fingerprint density at radius 3 is 2.53 bits per heavy atom. The summed E-state index contributed by atoms with van der Waals surface area (Å²) in [5.74, 6) is -0.209. The molecule has 0 unspecified atom stereocenters. The lowest BCUT2D eigenvalue weighted by Crippen LogP contribution is -2.56. The van der Waals surface area contributed by atoms with Crippen LogP contribution in [0.25, 0.3) is 0 Å². The van der Waals surface area contributed by atoms with Crippen LogP contribution >= 0.6 is 11.6 Å². The van der Waals surface area contributed by atoms with Crippen molar-refractivity contribution in [3.05, 3.63) is 58.6 Å². The second-order valence-electron chi connectivity index (χ2n) is 6.71. The van der Waals surface area contributed by atoms with Gasteiger partial charge in [0.25, 0.3) is 11.6 Å². The van der Waals surface area contributed by atoms with Gasteiger partial charge in [-0.1, -0.05) is 11.6 Å². The summed E-state index contributed by atoms with van der Waals surface area (Å²) in [6, 6.07) is 10.7. The third-order valence-electron chi connectivity index (χ3n) is 4.51. The van der Waals surface area contributed by atoms with Gasteiger partial charge in [-0.25, -0.2) is 0 Å². The summed E-state index contributed by atoms with van der Waals surface area (Å²) in [6.07, 6.45) is -5.89. The van der Waals surface area contributed by atoms with E-state index in [-0.39, 0.29) is 22.9 Å². The molecule has 1 atom stereocenters. The zero-order chi connectivity index (χ0) is 22.1. The molecule has 160 valence electrons. The van der Waals surface area contributed by atoms with Crippen LogP contribution in [0.4, 0.5) is 13.2 Å². The predicted molar refractivity (Wildman–Crippen MR) is 104 cm³/mol. The smallest absolute Gasteiger partial charge is 0.438 e. The SMILES string of the molecule is COc1ccc(C(=O)N2N=C(C)C[C@]2(O)C(F)(F)F)cc1COc1ccc(Cl)cc1. The number of nitrogens with zero attached hydrogens (tertiary/aromatic N) is 2. The fraction of sp³-hybridized carbons (Fsp3) is 0.300. The Hall–Kier alpha value is -2.78. The minimum atomic E-state index is -5.07. The first-order chi connectivity index (χ1) is 14.0. The average molecular weight is 443 g/mol. The molecule has 30 heavy (non-hydrogen) atoms. The molecule has 1 heterocycles. The molecular weight excluding hydrogens is 425 g/mol. The van der Waals surface area contributed by atoms with E-state index in [4.69, 9.17) is 21.1 Å². The first-order valence-electron chi connectivity index (χ1n) is 8.78. The number of ether oxygens (including phenoxy) is 2. The summed E-state index contributed by atoms with van der Waals surface area (Å²) in [7, 11) is 1.42. The van der Waals surface area contributed by atoms with E-state index in [0.717, 1.165) is 0 Å². The number of hydrogen-bond donors (Lipinski definition) is 1. The van der Waals surface area contributed by atoms with Gasteiger partial charge in [0.1, 0.15) is 18.1 Å². The molecule has 0 aliphatic carbocycles. The van der Waals surface area contributed by atoms with Crippen LogP contribution in [0.5, 0.6) is 11.5 Å². The van der Waals surface area contributed by atoms with E-state index in [1.165, 1.54) is 32.2 Å². The Morgan fingerprint density at radius 1 is 1.27 bits per heavy atom. The van der Waals surface area contributed by atoms with Gasteiger partial charge in [-0.2, -0.15) is 23.3 Å². The number of carbonyl (C=O) groups excluding carboxylic acids is 1. The lowest BCUT2D eigenvalue weighted by atomic mass is 10.0. The van der Waals surface area contributed by atoms with Crippen molar-refractivity contribution in [3.8, 4) is 11.5 Å². The molecule has 3 rings (SSSR count). The van der Waals surface area contributed by atoms with E-state index in [1.54, 1.807) is 24.3 Å². The standard InChI is InChI=1S/C20H18ClF3N2O4/c1-12-10-19(28,20(22,23)24)26(25-12)18(27)13-3-8-17(29-2)14(9-13)11-30-16-6-4-15(21)5-7-16/h3-9,28H,10-11H2,1-2H3/t19-/m0/s1. The van der Waals surface area contributed by atoms with Crippen LogP contribution in [0.2, 0.25) is 5.02 Å². The monoisotopic (exact) mass is 442 g/mol. The van der Waals surface area contributed by atoms with Crippen molar-refractivity contribution in [2.24, 2.45) is 5.10 Å². The lowest BCUT2D eigenvalue weighted by Gasteiger charge is -2.32. The summed E-state index contributed by atoms with van der Waals surface area (Å²) in [4.78, 5) is 12.8. The molecule has 0 spiro atoms. The van der Waals surface area contributed by atoms with Crippen LogP contribution in [0.15, 0.2) is 47.6 Å². The molecule has 10 heteroatoms. The number of amides is 1. The van der Waals surface area contributed by atoms with Gasteiger partial charge in [-0.15, -0.1) is 0 Å². The maximum Gasteiger partial charge on any atom is 0.438 e. The Bertz CT molecular complexity index is 979. The first kappa shape index (κ1) is 21.9. The fourth-order valence-corrected chi connectivity index (χ4v) is 3.12. The third-order valence-corrected chi connectivity index (χ3v) is 4.76. The zero-order valence-electron chi connectivity index (χ0n) is 16.0. The molecule has 0 radical (unpaired) electrons. The highest BCUT2D eigenvalue weighted by Gasteiger charge is 2.62. The van der Waals surface area contributed by atoms with E-state index in [1.807, 2.05) is 0 Å². The largest absolute Gasteiger partial charge is 0.496 e. The molecular formula is C20H18ClF3N2O4. The van der Waals surface area contributed by atoms with Crippen molar-refractivity contribution < 1.29 is 32.5 Å². The van der Waals surface area contributed by atoms with Gasteiger partial charge in [0.05, 0.1) is 7.11 Å². The molecule has 1 aliphatic rings. The maximum atomic E-state index is 13.4. The van der Waals surface area contributed by atoms with E-state index in [0.29, 0.717) is 22.1 Å². The second kappa shape index (κ2) is 8.16. The summed E-state index contributed by atoms with van der Waals surface area (Å²) in [5, 5.41) is 14.4. The van der Waals surface area contributed by atoms with Crippen LogP contribution in [0.1, 0.15) is 29.3 Å². The van der Waals surface area contributed by atoms with Crippen molar-refractivity contribution in [3.63, 3.8) is 0 Å². The zero-order valence-corrected chi connectivity index (χ0v) is 16.8. The molecule has 2 aromatic carbocycles. The van der Waals surface area contributed by atoms with Gasteiger partial charge in [0, 0.05) is 28.3 Å². The summed E-state index contributed by atoms with van der Waals surface area (Å²) in [6.45, 7) is 1.29. The quantitative estimate of drug-likeness (QED) is 0.745. The molecule has 0 bridgehead atoms. The minimum Gasteiger partial charge on any atom is -0.496 e. The van der Waals surface area contributed by atoms with Crippen molar-refractivity contribution in [1.82, 2.24) is 5.01 Å². The van der Waals surface area contributed by atoms with Crippen molar-refractivity contribution in [2.45, 2.75) is 31.9 Å². The third kappa shape index (κ3) is 4.22. The topological polar surface area (TPSA) is 71.4 Å². The molecule has 0 saturated heterocycles. The molecule has 1 N–H and O–H groups in total. The molecule has 6 nitrogen and oxygen atoms in total. The summed E-state index contributed by atoms with van der Waals surface area (Å²) < 4.78 is 51.1. The molecule has 2 aromatic rings. The van der Waals surface area contributed by atoms with Crippen LogP contribution < -0.4 is 9.47 Å². The van der Waals surface area contributed by atoms with Crippen LogP contribution in [0.3, 0.4) is 0 Å². The number of benzene rings is 2. The van der Waals surface area contributed by atoms with Gasteiger partial charge in [-0.3, -0.25) is 4.79 Å². The number of aliphatic hydroxyl groups is 1. The van der Waals surface area contributed by atoms with E-state index >= 15 is 0 Å². The van der Waals surface area contributed by atoms with Gasteiger partial charge >= 0.3 is 6.18 Å². The predicted octanol–water partition coefficient (Wildman–Crippen LogP) is 4.40.